The molecule has 4 rings (SSSR count). The van der Waals surface area contributed by atoms with E-state index in [1.165, 1.54) is 0 Å². The van der Waals surface area contributed by atoms with Crippen molar-refractivity contribution < 1.29 is 19.1 Å². The summed E-state index contributed by atoms with van der Waals surface area (Å²) in [5, 5.41) is 10.7. The largest absolute Gasteiger partial charge is 0.465 e. The number of benzene rings is 1. The molecule has 0 bridgehead atoms. The minimum Gasteiger partial charge on any atom is -0.465 e. The van der Waals surface area contributed by atoms with Crippen LogP contribution in [0, 0.1) is 16.7 Å². The molecule has 2 heterocycles. The number of ether oxygens (including phenoxy) is 2. The van der Waals surface area contributed by atoms with E-state index in [2.05, 4.69) is 6.07 Å². The average Bonchev–Trinajstić information content (AvgIpc) is 3.04. The van der Waals surface area contributed by atoms with Crippen molar-refractivity contribution in [2.24, 2.45) is 11.1 Å². The van der Waals surface area contributed by atoms with Crippen LogP contribution in [-0.2, 0) is 25.6 Å². The third-order valence-electron chi connectivity index (χ3n) is 5.81. The fraction of sp³-hybridized carbons (Fsp3) is 0.375. The van der Waals surface area contributed by atoms with Crippen molar-refractivity contribution in [3.8, 4) is 6.07 Å². The van der Waals surface area contributed by atoms with Crippen LogP contribution in [0.5, 0.6) is 0 Å². The Labute approximate surface area is 180 Å². The van der Waals surface area contributed by atoms with E-state index in [0.717, 1.165) is 16.5 Å². The van der Waals surface area contributed by atoms with Gasteiger partial charge in [-0.05, 0) is 24.0 Å². The Bertz CT molecular complexity index is 1190. The quantitative estimate of drug-likeness (QED) is 0.758. The van der Waals surface area contributed by atoms with E-state index in [4.69, 9.17) is 15.2 Å². The molecule has 1 aromatic carbocycles. The normalized spacial score (nSPS) is 20.3. The molecule has 7 heteroatoms. The maximum absolute atomic E-state index is 13.2. The number of aromatic nitrogens is 1. The third-order valence-corrected chi connectivity index (χ3v) is 5.81. The minimum absolute atomic E-state index is 0.0268. The maximum atomic E-state index is 13.2. The predicted octanol–water partition coefficient (Wildman–Crippen LogP) is 3.66. The predicted molar refractivity (Wildman–Crippen MR) is 114 cm³/mol. The molecule has 1 aromatic heterocycles. The van der Waals surface area contributed by atoms with Crippen molar-refractivity contribution in [1.82, 2.24) is 4.57 Å². The third kappa shape index (κ3) is 3.59. The first-order valence-corrected chi connectivity index (χ1v) is 10.3. The highest BCUT2D eigenvalue weighted by Crippen LogP contribution is 2.49. The molecule has 2 aromatic rings. The molecule has 31 heavy (non-hydrogen) atoms. The number of Topliss-reactive ketones (excluding diaryl/α,β-unsaturated/α-hetero) is 1. The van der Waals surface area contributed by atoms with Crippen LogP contribution in [0.2, 0.25) is 0 Å². The molecule has 0 spiro atoms. The average molecular weight is 419 g/mol. The van der Waals surface area contributed by atoms with Crippen molar-refractivity contribution >= 4 is 22.7 Å². The van der Waals surface area contributed by atoms with Crippen LogP contribution in [0.25, 0.3) is 10.9 Å². The molecule has 0 fully saturated rings. The first kappa shape index (κ1) is 20.7. The molecule has 0 amide bonds. The number of ketones is 1. The van der Waals surface area contributed by atoms with Crippen molar-refractivity contribution in [1.29, 1.82) is 5.26 Å². The van der Waals surface area contributed by atoms with E-state index in [1.54, 1.807) is 11.5 Å². The molecule has 0 saturated carbocycles. The summed E-state index contributed by atoms with van der Waals surface area (Å²) in [5.74, 6) is -0.471. The molecule has 1 aliphatic carbocycles. The number of allylic oxidation sites excluding steroid dienone is 3. The number of carbonyl (C=O) groups is 2. The molecule has 160 valence electrons. The number of carbonyl (C=O) groups excluding carboxylic acids is 2. The van der Waals surface area contributed by atoms with Crippen LogP contribution in [-0.4, -0.2) is 22.9 Å². The molecule has 1 unspecified atom stereocenters. The Morgan fingerprint density at radius 1 is 1.35 bits per heavy atom. The molecule has 2 aliphatic rings. The molecule has 0 radical (unpaired) electrons. The Morgan fingerprint density at radius 2 is 2.10 bits per heavy atom. The lowest BCUT2D eigenvalue weighted by Crippen LogP contribution is -2.33. The Kier molecular flexibility index (Phi) is 5.10. The minimum atomic E-state index is -0.634. The maximum Gasteiger partial charge on any atom is 0.325 e. The van der Waals surface area contributed by atoms with E-state index < -0.39 is 5.92 Å². The van der Waals surface area contributed by atoms with Gasteiger partial charge in [0.2, 0.25) is 5.88 Å². The van der Waals surface area contributed by atoms with E-state index >= 15 is 0 Å². The number of hydrogen-bond donors (Lipinski definition) is 1. The second-order valence-corrected chi connectivity index (χ2v) is 8.74. The fourth-order valence-corrected chi connectivity index (χ4v) is 4.58. The topological polar surface area (TPSA) is 107 Å². The zero-order valence-electron chi connectivity index (χ0n) is 17.9. The number of nitriles is 1. The fourth-order valence-electron chi connectivity index (χ4n) is 4.58. The smallest absolute Gasteiger partial charge is 0.325 e. The van der Waals surface area contributed by atoms with Gasteiger partial charge in [0.15, 0.2) is 5.78 Å². The van der Waals surface area contributed by atoms with Crippen LogP contribution in [0.15, 0.2) is 53.3 Å². The number of rotatable bonds is 4. The van der Waals surface area contributed by atoms with Gasteiger partial charge in [0.1, 0.15) is 23.9 Å². The van der Waals surface area contributed by atoms with Crippen LogP contribution in [0.1, 0.15) is 45.1 Å². The molecule has 1 atom stereocenters. The summed E-state index contributed by atoms with van der Waals surface area (Å²) >= 11 is 0. The number of para-hydroxylation sites is 1. The lowest BCUT2D eigenvalue weighted by atomic mass is 9.70. The molecule has 2 N–H and O–H groups in total. The van der Waals surface area contributed by atoms with Crippen molar-refractivity contribution in [3.63, 3.8) is 0 Å². The number of fused-ring (bicyclic) bond motifs is 1. The van der Waals surface area contributed by atoms with Crippen LogP contribution >= 0.6 is 0 Å². The van der Waals surface area contributed by atoms with E-state index in [1.807, 2.05) is 44.3 Å². The van der Waals surface area contributed by atoms with Gasteiger partial charge in [-0.25, -0.2) is 0 Å². The molecular formula is C24H25N3O4. The summed E-state index contributed by atoms with van der Waals surface area (Å²) in [7, 11) is 0. The van der Waals surface area contributed by atoms with E-state index in [9.17, 15) is 14.9 Å². The summed E-state index contributed by atoms with van der Waals surface area (Å²) < 4.78 is 12.7. The first-order valence-electron chi connectivity index (χ1n) is 10.3. The van der Waals surface area contributed by atoms with Gasteiger partial charge in [-0.15, -0.1) is 0 Å². The highest BCUT2D eigenvalue weighted by atomic mass is 16.5. The van der Waals surface area contributed by atoms with Crippen molar-refractivity contribution in [2.75, 3.05) is 6.61 Å². The first-order chi connectivity index (χ1) is 14.8. The Morgan fingerprint density at radius 3 is 2.81 bits per heavy atom. The van der Waals surface area contributed by atoms with Gasteiger partial charge in [-0.1, -0.05) is 32.0 Å². The van der Waals surface area contributed by atoms with Crippen molar-refractivity contribution in [3.05, 3.63) is 58.8 Å². The summed E-state index contributed by atoms with van der Waals surface area (Å²) in [4.78, 5) is 25.4. The molecule has 7 nitrogen and oxygen atoms in total. The van der Waals surface area contributed by atoms with Gasteiger partial charge >= 0.3 is 5.97 Å². The van der Waals surface area contributed by atoms with Crippen molar-refractivity contribution in [2.45, 2.75) is 46.1 Å². The summed E-state index contributed by atoms with van der Waals surface area (Å²) in [6.45, 7) is 6.11. The summed E-state index contributed by atoms with van der Waals surface area (Å²) in [6.07, 6.45) is 2.75. The van der Waals surface area contributed by atoms with Gasteiger partial charge < -0.3 is 19.8 Å². The highest BCUT2D eigenvalue weighted by Gasteiger charge is 2.43. The second kappa shape index (κ2) is 7.62. The number of nitrogens with zero attached hydrogens (tertiary/aromatic N) is 2. The highest BCUT2D eigenvalue weighted by molar-refractivity contribution is 6.01. The molecular weight excluding hydrogens is 394 g/mol. The summed E-state index contributed by atoms with van der Waals surface area (Å²) in [6, 6.07) is 9.75. The lowest BCUT2D eigenvalue weighted by Gasteiger charge is -2.37. The number of nitrogens with two attached hydrogens (primary N) is 1. The van der Waals surface area contributed by atoms with E-state index in [0.29, 0.717) is 30.8 Å². The van der Waals surface area contributed by atoms with Crippen LogP contribution < -0.4 is 5.73 Å². The van der Waals surface area contributed by atoms with Gasteiger partial charge in [0.25, 0.3) is 0 Å². The monoisotopic (exact) mass is 419 g/mol. The van der Waals surface area contributed by atoms with Gasteiger partial charge in [0, 0.05) is 35.5 Å². The van der Waals surface area contributed by atoms with Gasteiger partial charge in [-0.2, -0.15) is 5.26 Å². The second-order valence-electron chi connectivity index (χ2n) is 8.74. The van der Waals surface area contributed by atoms with E-state index in [-0.39, 0.29) is 35.2 Å². The zero-order chi connectivity index (χ0) is 22.3. The van der Waals surface area contributed by atoms with Gasteiger partial charge in [-0.3, -0.25) is 9.59 Å². The van der Waals surface area contributed by atoms with Gasteiger partial charge in [0.05, 0.1) is 12.5 Å². The molecule has 0 saturated heterocycles. The van der Waals surface area contributed by atoms with Crippen LogP contribution in [0.3, 0.4) is 0 Å². The van der Waals surface area contributed by atoms with Crippen LogP contribution in [0.4, 0.5) is 0 Å². The zero-order valence-corrected chi connectivity index (χ0v) is 17.9. The number of esters is 1. The SMILES string of the molecule is CCOC(=O)Cn1cc(C2C(C#N)=C(N)OC3=C2C(=O)CC(C)(C)C3)c2ccccc21. The summed E-state index contributed by atoms with van der Waals surface area (Å²) in [5.41, 5.74) is 8.17. The molecule has 1 aliphatic heterocycles. The number of hydrogen-bond acceptors (Lipinski definition) is 6. The lowest BCUT2D eigenvalue weighted by molar-refractivity contribution is -0.143. The Hall–Kier alpha value is -3.53. The standard InChI is InChI=1S/C24H25N3O4/c1-4-30-20(29)13-27-12-16(14-7-5-6-8-17(14)27)21-15(11-25)23(26)31-19-10-24(2,3)9-18(28)22(19)21/h5-8,12,21H,4,9-10,13,26H2,1-3H3. The Balaban J connectivity index is 1.91.